The predicted octanol–water partition coefficient (Wildman–Crippen LogP) is 4.98. The number of rotatable bonds is 9. The van der Waals surface area contributed by atoms with E-state index in [2.05, 4.69) is 15.2 Å². The Labute approximate surface area is 222 Å². The molecule has 0 aliphatic carbocycles. The number of aliphatic hydroxyl groups excluding tert-OH is 1. The minimum absolute atomic E-state index is 0.0498. The van der Waals surface area contributed by atoms with Crippen molar-refractivity contribution in [2.24, 2.45) is 7.05 Å². The fourth-order valence-corrected chi connectivity index (χ4v) is 4.68. The maximum absolute atomic E-state index is 12.8. The second-order valence-corrected chi connectivity index (χ2v) is 9.90. The van der Waals surface area contributed by atoms with Crippen LogP contribution in [0.3, 0.4) is 0 Å². The third kappa shape index (κ3) is 6.36. The van der Waals surface area contributed by atoms with Gasteiger partial charge in [-0.15, -0.1) is 0 Å². The summed E-state index contributed by atoms with van der Waals surface area (Å²) in [4.78, 5) is 31.9. The number of carbonyl (C=O) groups excluding carboxylic acids is 2. The molecule has 0 radical (unpaired) electrons. The number of Topliss-reactive ketones (excluding diaryl/α,β-unsaturated/α-hetero) is 2. The number of aryl methyl sites for hydroxylation is 1. The number of ketones is 2. The normalized spacial score (nSPS) is 13.9. The summed E-state index contributed by atoms with van der Waals surface area (Å²) in [5.74, 6) is 0.830. The molecular formula is C31H32N4O3. The molecule has 1 aliphatic rings. The monoisotopic (exact) mass is 508 g/mol. The average molecular weight is 509 g/mol. The van der Waals surface area contributed by atoms with E-state index in [-0.39, 0.29) is 24.1 Å². The first-order valence-corrected chi connectivity index (χ1v) is 13.0. The molecule has 2 aromatic carbocycles. The first-order chi connectivity index (χ1) is 18.4. The number of aromatic nitrogens is 2. The van der Waals surface area contributed by atoms with Gasteiger partial charge in [0.25, 0.3) is 0 Å². The first kappa shape index (κ1) is 25.4. The summed E-state index contributed by atoms with van der Waals surface area (Å²) in [6.45, 7) is 1.66. The lowest BCUT2D eigenvalue weighted by atomic mass is 10.0. The Hall–Kier alpha value is -4.23. The molecule has 3 heterocycles. The standard InChI is InChI=1S/C31H32N4O3/c1-34-15-12-25(21-34)30(38)18-22-2-7-26(8-3-22)33-31-11-4-23(20-32-31)19-29(37)24-5-9-27(10-6-24)35-16-13-28(36)14-17-35/h2-12,15,20-21,28,36H,13-14,16-19H2,1H3,(H,32,33). The van der Waals surface area contributed by atoms with Crippen LogP contribution in [0.2, 0.25) is 0 Å². The molecule has 2 aromatic heterocycles. The van der Waals surface area contributed by atoms with Gasteiger partial charge in [-0.25, -0.2) is 4.98 Å². The number of piperidine rings is 1. The molecule has 0 bridgehead atoms. The SMILES string of the molecule is Cn1ccc(C(=O)Cc2ccc(Nc3ccc(CC(=O)c4ccc(N5CCC(O)CC5)cc4)cn3)cc2)c1. The van der Waals surface area contributed by atoms with E-state index >= 15 is 0 Å². The van der Waals surface area contributed by atoms with E-state index < -0.39 is 0 Å². The van der Waals surface area contributed by atoms with Gasteiger partial charge >= 0.3 is 0 Å². The van der Waals surface area contributed by atoms with Crippen molar-refractivity contribution in [1.29, 1.82) is 0 Å². The van der Waals surface area contributed by atoms with Gasteiger partial charge in [0, 0.05) is 74.1 Å². The molecule has 2 N–H and O–H groups in total. The van der Waals surface area contributed by atoms with Crippen molar-refractivity contribution < 1.29 is 14.7 Å². The van der Waals surface area contributed by atoms with Crippen LogP contribution in [-0.4, -0.2) is 45.4 Å². The molecule has 1 fully saturated rings. The maximum atomic E-state index is 12.8. The van der Waals surface area contributed by atoms with Crippen LogP contribution in [-0.2, 0) is 19.9 Å². The summed E-state index contributed by atoms with van der Waals surface area (Å²) < 4.78 is 1.87. The smallest absolute Gasteiger partial charge is 0.168 e. The van der Waals surface area contributed by atoms with E-state index in [1.165, 1.54) is 0 Å². The third-order valence-electron chi connectivity index (χ3n) is 6.95. The van der Waals surface area contributed by atoms with Crippen molar-refractivity contribution in [3.8, 4) is 0 Å². The maximum Gasteiger partial charge on any atom is 0.168 e. The van der Waals surface area contributed by atoms with Gasteiger partial charge < -0.3 is 19.9 Å². The van der Waals surface area contributed by atoms with E-state index in [1.54, 1.807) is 6.20 Å². The molecule has 0 atom stereocenters. The number of hydrogen-bond acceptors (Lipinski definition) is 6. The minimum Gasteiger partial charge on any atom is -0.393 e. The highest BCUT2D eigenvalue weighted by molar-refractivity contribution is 5.98. The Balaban J connectivity index is 1.13. The minimum atomic E-state index is -0.204. The highest BCUT2D eigenvalue weighted by atomic mass is 16.3. The molecule has 4 aromatic rings. The van der Waals surface area contributed by atoms with Crippen molar-refractivity contribution in [3.05, 3.63) is 108 Å². The Kier molecular flexibility index (Phi) is 7.65. The Morgan fingerprint density at radius 2 is 1.53 bits per heavy atom. The van der Waals surface area contributed by atoms with Gasteiger partial charge in [-0.05, 0) is 72.5 Å². The topological polar surface area (TPSA) is 87.5 Å². The lowest BCUT2D eigenvalue weighted by molar-refractivity contribution is 0.0984. The van der Waals surface area contributed by atoms with Crippen LogP contribution in [0, 0.1) is 0 Å². The van der Waals surface area contributed by atoms with Crippen LogP contribution in [0.5, 0.6) is 0 Å². The average Bonchev–Trinajstić information content (AvgIpc) is 3.38. The van der Waals surface area contributed by atoms with Crippen LogP contribution in [0.15, 0.2) is 85.3 Å². The van der Waals surface area contributed by atoms with E-state index in [4.69, 9.17) is 0 Å². The Morgan fingerprint density at radius 3 is 2.16 bits per heavy atom. The van der Waals surface area contributed by atoms with Crippen LogP contribution >= 0.6 is 0 Å². The summed E-state index contributed by atoms with van der Waals surface area (Å²) in [5, 5.41) is 13.0. The number of anilines is 3. The second kappa shape index (κ2) is 11.4. The summed E-state index contributed by atoms with van der Waals surface area (Å²) in [5.41, 5.74) is 5.16. The van der Waals surface area contributed by atoms with Gasteiger partial charge in [-0.1, -0.05) is 18.2 Å². The molecule has 0 amide bonds. The van der Waals surface area contributed by atoms with Crippen LogP contribution in [0.1, 0.15) is 44.7 Å². The molecule has 0 unspecified atom stereocenters. The van der Waals surface area contributed by atoms with Crippen molar-refractivity contribution in [2.45, 2.75) is 31.8 Å². The highest BCUT2D eigenvalue weighted by Crippen LogP contribution is 2.22. The summed E-state index contributed by atoms with van der Waals surface area (Å²) in [6.07, 6.45) is 7.42. The molecule has 7 heteroatoms. The highest BCUT2D eigenvalue weighted by Gasteiger charge is 2.17. The number of aliphatic hydroxyl groups is 1. The number of carbonyl (C=O) groups is 2. The Bertz CT molecular complexity index is 1380. The summed E-state index contributed by atoms with van der Waals surface area (Å²) >= 11 is 0. The molecular weight excluding hydrogens is 476 g/mol. The second-order valence-electron chi connectivity index (χ2n) is 9.90. The van der Waals surface area contributed by atoms with Crippen LogP contribution in [0.4, 0.5) is 17.2 Å². The van der Waals surface area contributed by atoms with Crippen LogP contribution < -0.4 is 10.2 Å². The summed E-state index contributed by atoms with van der Waals surface area (Å²) in [6, 6.07) is 21.1. The number of pyridine rings is 1. The fourth-order valence-electron chi connectivity index (χ4n) is 4.68. The predicted molar refractivity (Wildman–Crippen MR) is 149 cm³/mol. The summed E-state index contributed by atoms with van der Waals surface area (Å²) in [7, 11) is 1.90. The van der Waals surface area contributed by atoms with Gasteiger partial charge in [0.2, 0.25) is 0 Å². The van der Waals surface area contributed by atoms with E-state index in [1.807, 2.05) is 90.7 Å². The third-order valence-corrected chi connectivity index (χ3v) is 6.95. The van der Waals surface area contributed by atoms with Gasteiger partial charge in [0.1, 0.15) is 5.82 Å². The van der Waals surface area contributed by atoms with Crippen molar-refractivity contribution in [1.82, 2.24) is 9.55 Å². The lowest BCUT2D eigenvalue weighted by Gasteiger charge is -2.31. The molecule has 7 nitrogen and oxygen atoms in total. The van der Waals surface area contributed by atoms with Gasteiger partial charge in [0.05, 0.1) is 6.10 Å². The molecule has 0 spiro atoms. The molecule has 194 valence electrons. The van der Waals surface area contributed by atoms with Crippen molar-refractivity contribution in [3.63, 3.8) is 0 Å². The van der Waals surface area contributed by atoms with E-state index in [0.717, 1.165) is 48.4 Å². The fraction of sp³-hybridized carbons (Fsp3) is 0.258. The quantitative estimate of drug-likeness (QED) is 0.310. The zero-order valence-electron chi connectivity index (χ0n) is 21.5. The Morgan fingerprint density at radius 1 is 0.868 bits per heavy atom. The number of nitrogens with one attached hydrogen (secondary N) is 1. The van der Waals surface area contributed by atoms with Crippen molar-refractivity contribution in [2.75, 3.05) is 23.3 Å². The number of hydrogen-bond donors (Lipinski definition) is 2. The molecule has 5 rings (SSSR count). The molecule has 0 saturated carbocycles. The number of nitrogens with zero attached hydrogens (tertiary/aromatic N) is 3. The molecule has 38 heavy (non-hydrogen) atoms. The van der Waals surface area contributed by atoms with Crippen LogP contribution in [0.25, 0.3) is 0 Å². The van der Waals surface area contributed by atoms with Gasteiger partial charge in [0.15, 0.2) is 11.6 Å². The van der Waals surface area contributed by atoms with E-state index in [0.29, 0.717) is 23.4 Å². The van der Waals surface area contributed by atoms with Crippen molar-refractivity contribution >= 4 is 28.8 Å². The molecule has 1 saturated heterocycles. The zero-order chi connectivity index (χ0) is 26.5. The van der Waals surface area contributed by atoms with Gasteiger partial charge in [-0.3, -0.25) is 9.59 Å². The number of benzene rings is 2. The first-order valence-electron chi connectivity index (χ1n) is 13.0. The lowest BCUT2D eigenvalue weighted by Crippen LogP contribution is -2.35. The van der Waals surface area contributed by atoms with E-state index in [9.17, 15) is 14.7 Å². The largest absolute Gasteiger partial charge is 0.393 e. The van der Waals surface area contributed by atoms with Gasteiger partial charge in [-0.2, -0.15) is 0 Å². The molecule has 1 aliphatic heterocycles. The zero-order valence-corrected chi connectivity index (χ0v) is 21.5.